The first kappa shape index (κ1) is 14.6. The van der Waals surface area contributed by atoms with Crippen LogP contribution in [0.1, 0.15) is 39.2 Å². The van der Waals surface area contributed by atoms with Crippen molar-refractivity contribution in [2.45, 2.75) is 13.0 Å². The second-order valence-corrected chi connectivity index (χ2v) is 4.64. The molecule has 2 aromatic rings. The van der Waals surface area contributed by atoms with Crippen molar-refractivity contribution in [1.82, 2.24) is 5.32 Å². The van der Waals surface area contributed by atoms with E-state index in [1.807, 2.05) is 0 Å². The summed E-state index contributed by atoms with van der Waals surface area (Å²) in [6.45, 7) is 1.74. The van der Waals surface area contributed by atoms with Gasteiger partial charge in [-0.2, -0.15) is 0 Å². The van der Waals surface area contributed by atoms with Crippen LogP contribution in [0.2, 0.25) is 0 Å². The molecule has 1 amide bonds. The van der Waals surface area contributed by atoms with E-state index in [0.29, 0.717) is 5.56 Å². The number of phenolic OH excluding ortho intramolecular Hbond substituents is 1. The van der Waals surface area contributed by atoms with Gasteiger partial charge in [0.05, 0.1) is 11.6 Å². The Labute approximate surface area is 121 Å². The van der Waals surface area contributed by atoms with E-state index in [0.717, 1.165) is 0 Å². The number of phenols is 1. The zero-order valence-electron chi connectivity index (χ0n) is 11.4. The minimum atomic E-state index is -1.08. The molecular formula is C16H15NO4. The first-order valence-electron chi connectivity index (χ1n) is 6.41. The van der Waals surface area contributed by atoms with Gasteiger partial charge in [-0.25, -0.2) is 4.79 Å². The van der Waals surface area contributed by atoms with Crippen molar-refractivity contribution < 1.29 is 19.8 Å². The van der Waals surface area contributed by atoms with E-state index in [1.54, 1.807) is 37.3 Å². The smallest absolute Gasteiger partial charge is 0.335 e. The Hall–Kier alpha value is -2.82. The summed E-state index contributed by atoms with van der Waals surface area (Å²) in [6, 6.07) is 12.1. The SMILES string of the molecule is CC(NC(=O)c1cccc(C(=O)O)c1)c1ccccc1O. The lowest BCUT2D eigenvalue weighted by atomic mass is 10.1. The normalized spacial score (nSPS) is 11.7. The Morgan fingerprint density at radius 1 is 1.05 bits per heavy atom. The number of carbonyl (C=O) groups excluding carboxylic acids is 1. The van der Waals surface area contributed by atoms with Crippen molar-refractivity contribution in [3.8, 4) is 5.75 Å². The Balaban J connectivity index is 2.16. The topological polar surface area (TPSA) is 86.6 Å². The molecule has 0 saturated heterocycles. The van der Waals surface area contributed by atoms with Gasteiger partial charge in [-0.3, -0.25) is 4.79 Å². The van der Waals surface area contributed by atoms with Gasteiger partial charge in [0.25, 0.3) is 5.91 Å². The fourth-order valence-corrected chi connectivity index (χ4v) is 2.00. The summed E-state index contributed by atoms with van der Waals surface area (Å²) in [5.41, 5.74) is 0.912. The fourth-order valence-electron chi connectivity index (χ4n) is 2.00. The van der Waals surface area contributed by atoms with Crippen LogP contribution in [-0.2, 0) is 0 Å². The third-order valence-electron chi connectivity index (χ3n) is 3.12. The van der Waals surface area contributed by atoms with E-state index >= 15 is 0 Å². The van der Waals surface area contributed by atoms with Crippen LogP contribution in [0, 0.1) is 0 Å². The Bertz CT molecular complexity index is 681. The number of aromatic carboxylic acids is 1. The quantitative estimate of drug-likeness (QED) is 0.805. The third kappa shape index (κ3) is 3.39. The van der Waals surface area contributed by atoms with Crippen molar-refractivity contribution in [2.24, 2.45) is 0 Å². The van der Waals surface area contributed by atoms with Crippen LogP contribution in [0.4, 0.5) is 0 Å². The zero-order chi connectivity index (χ0) is 15.4. The van der Waals surface area contributed by atoms with Crippen LogP contribution in [0.3, 0.4) is 0 Å². The Morgan fingerprint density at radius 2 is 1.71 bits per heavy atom. The summed E-state index contributed by atoms with van der Waals surface area (Å²) in [5, 5.41) is 21.4. The van der Waals surface area contributed by atoms with E-state index in [9.17, 15) is 14.7 Å². The van der Waals surface area contributed by atoms with Gasteiger partial charge in [0.1, 0.15) is 5.75 Å². The predicted octanol–water partition coefficient (Wildman–Crippen LogP) is 2.58. The van der Waals surface area contributed by atoms with Crippen molar-refractivity contribution >= 4 is 11.9 Å². The van der Waals surface area contributed by atoms with E-state index in [2.05, 4.69) is 5.32 Å². The van der Waals surface area contributed by atoms with Crippen LogP contribution in [0.25, 0.3) is 0 Å². The van der Waals surface area contributed by atoms with E-state index in [1.165, 1.54) is 18.2 Å². The highest BCUT2D eigenvalue weighted by molar-refractivity contribution is 5.97. The summed E-state index contributed by atoms with van der Waals surface area (Å²) < 4.78 is 0. The molecule has 3 N–H and O–H groups in total. The molecule has 0 spiro atoms. The lowest BCUT2D eigenvalue weighted by Gasteiger charge is -2.15. The molecule has 0 bridgehead atoms. The van der Waals surface area contributed by atoms with Gasteiger partial charge in [0, 0.05) is 11.1 Å². The minimum Gasteiger partial charge on any atom is -0.508 e. The van der Waals surface area contributed by atoms with Crippen LogP contribution in [0.15, 0.2) is 48.5 Å². The largest absolute Gasteiger partial charge is 0.508 e. The summed E-state index contributed by atoms with van der Waals surface area (Å²) in [7, 11) is 0. The molecule has 0 aliphatic carbocycles. The molecule has 0 aliphatic rings. The molecule has 5 nitrogen and oxygen atoms in total. The highest BCUT2D eigenvalue weighted by Gasteiger charge is 2.15. The molecule has 0 radical (unpaired) electrons. The Kier molecular flexibility index (Phi) is 4.23. The van der Waals surface area contributed by atoms with Crippen LogP contribution in [-0.4, -0.2) is 22.1 Å². The number of carboxylic acids is 1. The van der Waals surface area contributed by atoms with E-state index in [4.69, 9.17) is 5.11 Å². The van der Waals surface area contributed by atoms with Crippen LogP contribution >= 0.6 is 0 Å². The first-order valence-corrected chi connectivity index (χ1v) is 6.41. The molecule has 0 saturated carbocycles. The van der Waals surface area contributed by atoms with Crippen molar-refractivity contribution in [3.05, 3.63) is 65.2 Å². The first-order chi connectivity index (χ1) is 9.99. The summed E-state index contributed by atoms with van der Waals surface area (Å²) in [6.07, 6.45) is 0. The molecular weight excluding hydrogens is 270 g/mol. The van der Waals surface area contributed by atoms with Gasteiger partial charge in [-0.05, 0) is 31.2 Å². The molecule has 0 aromatic heterocycles. The second-order valence-electron chi connectivity index (χ2n) is 4.64. The minimum absolute atomic E-state index is 0.0536. The number of carboxylic acid groups (broad SMARTS) is 1. The molecule has 1 atom stereocenters. The van der Waals surface area contributed by atoms with E-state index < -0.39 is 17.9 Å². The van der Waals surface area contributed by atoms with Crippen molar-refractivity contribution in [3.63, 3.8) is 0 Å². The molecule has 1 unspecified atom stereocenters. The number of amides is 1. The number of nitrogens with one attached hydrogen (secondary N) is 1. The average Bonchev–Trinajstić information content (AvgIpc) is 2.47. The predicted molar refractivity (Wildman–Crippen MR) is 77.4 cm³/mol. The Morgan fingerprint density at radius 3 is 2.38 bits per heavy atom. The summed E-state index contributed by atoms with van der Waals surface area (Å²) in [5.74, 6) is -1.38. The van der Waals surface area contributed by atoms with Crippen molar-refractivity contribution in [1.29, 1.82) is 0 Å². The van der Waals surface area contributed by atoms with Crippen LogP contribution in [0.5, 0.6) is 5.75 Å². The molecule has 2 rings (SSSR count). The maximum Gasteiger partial charge on any atom is 0.335 e. The second kappa shape index (κ2) is 6.09. The number of benzene rings is 2. The molecule has 0 fully saturated rings. The average molecular weight is 285 g/mol. The summed E-state index contributed by atoms with van der Waals surface area (Å²) >= 11 is 0. The van der Waals surface area contributed by atoms with Crippen LogP contribution < -0.4 is 5.32 Å². The van der Waals surface area contributed by atoms with Gasteiger partial charge < -0.3 is 15.5 Å². The lowest BCUT2D eigenvalue weighted by molar-refractivity contribution is 0.0697. The standard InChI is InChI=1S/C16H15NO4/c1-10(13-7-2-3-8-14(13)18)17-15(19)11-5-4-6-12(9-11)16(20)21/h2-10,18H,1H3,(H,17,19)(H,20,21). The van der Waals surface area contributed by atoms with E-state index in [-0.39, 0.29) is 16.9 Å². The molecule has 108 valence electrons. The number of hydrogen-bond acceptors (Lipinski definition) is 3. The zero-order valence-corrected chi connectivity index (χ0v) is 11.4. The molecule has 0 heterocycles. The third-order valence-corrected chi connectivity index (χ3v) is 3.12. The van der Waals surface area contributed by atoms with Gasteiger partial charge in [0.15, 0.2) is 0 Å². The maximum absolute atomic E-state index is 12.1. The van der Waals surface area contributed by atoms with Crippen molar-refractivity contribution in [2.75, 3.05) is 0 Å². The number of rotatable bonds is 4. The molecule has 2 aromatic carbocycles. The van der Waals surface area contributed by atoms with Gasteiger partial charge in [-0.1, -0.05) is 24.3 Å². The van der Waals surface area contributed by atoms with Gasteiger partial charge >= 0.3 is 5.97 Å². The number of aromatic hydroxyl groups is 1. The highest BCUT2D eigenvalue weighted by atomic mass is 16.4. The highest BCUT2D eigenvalue weighted by Crippen LogP contribution is 2.23. The fraction of sp³-hybridized carbons (Fsp3) is 0.125. The number of carbonyl (C=O) groups is 2. The van der Waals surface area contributed by atoms with Gasteiger partial charge in [0.2, 0.25) is 0 Å². The summed E-state index contributed by atoms with van der Waals surface area (Å²) in [4.78, 5) is 23.0. The monoisotopic (exact) mass is 285 g/mol. The molecule has 0 aliphatic heterocycles. The van der Waals surface area contributed by atoms with Gasteiger partial charge in [-0.15, -0.1) is 0 Å². The molecule has 5 heteroatoms. The number of hydrogen-bond donors (Lipinski definition) is 3. The molecule has 21 heavy (non-hydrogen) atoms. The number of para-hydroxylation sites is 1. The lowest BCUT2D eigenvalue weighted by Crippen LogP contribution is -2.26. The maximum atomic E-state index is 12.1.